The Morgan fingerprint density at radius 3 is 2.64 bits per heavy atom. The van der Waals surface area contributed by atoms with Crippen molar-refractivity contribution in [2.75, 3.05) is 17.8 Å². The molecule has 6 heteroatoms. The lowest BCUT2D eigenvalue weighted by atomic mass is 10.1. The number of thioether (sulfide) groups is 1. The van der Waals surface area contributed by atoms with Crippen LogP contribution in [0.4, 0.5) is 5.69 Å². The number of phenols is 1. The number of carbonyl (C=O) groups is 1. The second-order valence-electron chi connectivity index (χ2n) is 4.83. The molecule has 22 heavy (non-hydrogen) atoms. The minimum Gasteiger partial charge on any atom is -0.504 e. The van der Waals surface area contributed by atoms with Gasteiger partial charge >= 0.3 is 0 Å². The molecule has 1 fully saturated rings. The summed E-state index contributed by atoms with van der Waals surface area (Å²) < 4.78 is 5.06. The summed E-state index contributed by atoms with van der Waals surface area (Å²) in [5, 5.41) is 10.4. The first-order chi connectivity index (χ1) is 10.6. The summed E-state index contributed by atoms with van der Waals surface area (Å²) in [5.41, 5.74) is 1.64. The van der Waals surface area contributed by atoms with Gasteiger partial charge in [-0.25, -0.2) is 0 Å². The summed E-state index contributed by atoms with van der Waals surface area (Å²) in [6.45, 7) is 0. The largest absolute Gasteiger partial charge is 0.504 e. The topological polar surface area (TPSA) is 49.8 Å². The number of ether oxygens (including phenoxy) is 1. The first kappa shape index (κ1) is 15.1. The normalized spacial score (nSPS) is 17.8. The third kappa shape index (κ3) is 2.74. The van der Waals surface area contributed by atoms with E-state index in [0.717, 1.165) is 11.3 Å². The molecule has 4 nitrogen and oxygen atoms in total. The van der Waals surface area contributed by atoms with E-state index in [-0.39, 0.29) is 17.0 Å². The van der Waals surface area contributed by atoms with Crippen molar-refractivity contribution in [3.63, 3.8) is 0 Å². The molecular weight excluding hydrogens is 322 g/mol. The number of phenolic OH excluding ortho intramolecular Hbond substituents is 1. The first-order valence-corrected chi connectivity index (χ1v) is 8.09. The van der Waals surface area contributed by atoms with Crippen molar-refractivity contribution in [3.8, 4) is 11.5 Å². The molecule has 1 saturated heterocycles. The summed E-state index contributed by atoms with van der Waals surface area (Å²) in [4.78, 5) is 14.0. The van der Waals surface area contributed by atoms with Crippen LogP contribution in [0.2, 0.25) is 5.02 Å². The Bertz CT molecular complexity index is 705. The van der Waals surface area contributed by atoms with E-state index in [1.165, 1.54) is 18.9 Å². The van der Waals surface area contributed by atoms with Crippen molar-refractivity contribution in [1.29, 1.82) is 0 Å². The molecule has 114 valence electrons. The van der Waals surface area contributed by atoms with Gasteiger partial charge < -0.3 is 9.84 Å². The number of nitrogens with zero attached hydrogens (tertiary/aromatic N) is 1. The van der Waals surface area contributed by atoms with Gasteiger partial charge in [0.05, 0.1) is 12.9 Å². The lowest BCUT2D eigenvalue weighted by Gasteiger charge is -2.24. The molecule has 2 aromatic rings. The quantitative estimate of drug-likeness (QED) is 0.926. The van der Waals surface area contributed by atoms with Gasteiger partial charge in [-0.15, -0.1) is 11.8 Å². The molecule has 0 aromatic heterocycles. The number of hydrogen-bond donors (Lipinski definition) is 1. The monoisotopic (exact) mass is 335 g/mol. The van der Waals surface area contributed by atoms with Crippen LogP contribution in [0.3, 0.4) is 0 Å². The number of anilines is 1. The lowest BCUT2D eigenvalue weighted by Crippen LogP contribution is -2.27. The number of rotatable bonds is 3. The highest BCUT2D eigenvalue weighted by Gasteiger charge is 2.34. The minimum absolute atomic E-state index is 0.0348. The molecule has 1 unspecified atom stereocenters. The summed E-state index contributed by atoms with van der Waals surface area (Å²) in [7, 11) is 1.50. The molecule has 3 rings (SSSR count). The number of methoxy groups -OCH3 is 1. The molecule has 0 saturated carbocycles. The second kappa shape index (κ2) is 6.10. The van der Waals surface area contributed by atoms with Crippen LogP contribution in [0.5, 0.6) is 11.5 Å². The van der Waals surface area contributed by atoms with Crippen LogP contribution in [0.1, 0.15) is 10.9 Å². The molecule has 0 bridgehead atoms. The third-order valence-electron chi connectivity index (χ3n) is 3.46. The fourth-order valence-electron chi connectivity index (χ4n) is 2.41. The number of amides is 1. The van der Waals surface area contributed by atoms with Crippen LogP contribution in [0, 0.1) is 0 Å². The average molecular weight is 336 g/mol. The van der Waals surface area contributed by atoms with E-state index in [1.807, 2.05) is 18.2 Å². The molecule has 1 N–H and O–H groups in total. The standard InChI is InChI=1S/C16H14ClNO3S/c1-21-14-7-2-10(8-13(14)19)16-18(15(20)9-22-16)12-5-3-11(17)4-6-12/h2-8,16,19H,9H2,1H3. The Morgan fingerprint density at radius 2 is 2.00 bits per heavy atom. The number of benzene rings is 2. The van der Waals surface area contributed by atoms with Crippen molar-refractivity contribution < 1.29 is 14.6 Å². The molecule has 1 amide bonds. The Kier molecular flexibility index (Phi) is 4.18. The Balaban J connectivity index is 1.96. The van der Waals surface area contributed by atoms with Gasteiger partial charge in [0.25, 0.3) is 0 Å². The number of carbonyl (C=O) groups excluding carboxylic acids is 1. The fraction of sp³-hybridized carbons (Fsp3) is 0.188. The predicted octanol–water partition coefficient (Wildman–Crippen LogP) is 3.83. The highest BCUT2D eigenvalue weighted by atomic mass is 35.5. The van der Waals surface area contributed by atoms with Crippen LogP contribution in [-0.4, -0.2) is 23.9 Å². The Labute approximate surface area is 137 Å². The first-order valence-electron chi connectivity index (χ1n) is 6.66. The van der Waals surface area contributed by atoms with E-state index < -0.39 is 0 Å². The smallest absolute Gasteiger partial charge is 0.238 e. The molecule has 1 heterocycles. The van der Waals surface area contributed by atoms with Gasteiger partial charge in [-0.1, -0.05) is 17.7 Å². The fourth-order valence-corrected chi connectivity index (χ4v) is 3.71. The molecule has 0 spiro atoms. The van der Waals surface area contributed by atoms with Gasteiger partial charge in [0.2, 0.25) is 5.91 Å². The summed E-state index contributed by atoms with van der Waals surface area (Å²) >= 11 is 7.43. The van der Waals surface area contributed by atoms with E-state index >= 15 is 0 Å². The van der Waals surface area contributed by atoms with Crippen molar-refractivity contribution >= 4 is 35.0 Å². The molecule has 2 aromatic carbocycles. The summed E-state index contributed by atoms with van der Waals surface area (Å²) in [6, 6.07) is 12.4. The van der Waals surface area contributed by atoms with Crippen molar-refractivity contribution in [1.82, 2.24) is 0 Å². The summed E-state index contributed by atoms with van der Waals surface area (Å²) in [5.74, 6) is 0.917. The van der Waals surface area contributed by atoms with Gasteiger partial charge in [0, 0.05) is 10.7 Å². The molecule has 1 aliphatic rings. The molecular formula is C16H14ClNO3S. The van der Waals surface area contributed by atoms with Crippen molar-refractivity contribution in [2.45, 2.75) is 5.37 Å². The zero-order valence-electron chi connectivity index (χ0n) is 11.8. The lowest BCUT2D eigenvalue weighted by molar-refractivity contribution is -0.115. The molecule has 0 aliphatic carbocycles. The molecule has 1 aliphatic heterocycles. The van der Waals surface area contributed by atoms with E-state index in [2.05, 4.69) is 0 Å². The maximum absolute atomic E-state index is 12.2. The van der Waals surface area contributed by atoms with Crippen LogP contribution in [0.25, 0.3) is 0 Å². The third-order valence-corrected chi connectivity index (χ3v) is 4.93. The van der Waals surface area contributed by atoms with Gasteiger partial charge in [0.15, 0.2) is 11.5 Å². The maximum atomic E-state index is 12.2. The zero-order chi connectivity index (χ0) is 15.7. The SMILES string of the molecule is COc1ccc(C2SCC(=O)N2c2ccc(Cl)cc2)cc1O. The van der Waals surface area contributed by atoms with Gasteiger partial charge in [0.1, 0.15) is 5.37 Å². The van der Waals surface area contributed by atoms with Crippen molar-refractivity contribution in [3.05, 3.63) is 53.1 Å². The highest BCUT2D eigenvalue weighted by molar-refractivity contribution is 8.00. The van der Waals surface area contributed by atoms with E-state index in [4.69, 9.17) is 16.3 Å². The average Bonchev–Trinajstić information content (AvgIpc) is 2.90. The van der Waals surface area contributed by atoms with Crippen LogP contribution in [-0.2, 0) is 4.79 Å². The zero-order valence-corrected chi connectivity index (χ0v) is 13.4. The Hall–Kier alpha value is -1.85. The maximum Gasteiger partial charge on any atom is 0.238 e. The van der Waals surface area contributed by atoms with E-state index in [0.29, 0.717) is 16.5 Å². The highest BCUT2D eigenvalue weighted by Crippen LogP contribution is 2.43. The van der Waals surface area contributed by atoms with Gasteiger partial charge in [-0.3, -0.25) is 9.69 Å². The number of aromatic hydroxyl groups is 1. The van der Waals surface area contributed by atoms with E-state index in [1.54, 1.807) is 29.2 Å². The second-order valence-corrected chi connectivity index (χ2v) is 6.34. The van der Waals surface area contributed by atoms with E-state index in [9.17, 15) is 9.90 Å². The van der Waals surface area contributed by atoms with Gasteiger partial charge in [-0.2, -0.15) is 0 Å². The molecule has 1 atom stereocenters. The Morgan fingerprint density at radius 1 is 1.27 bits per heavy atom. The van der Waals surface area contributed by atoms with Crippen molar-refractivity contribution in [2.24, 2.45) is 0 Å². The minimum atomic E-state index is -0.175. The van der Waals surface area contributed by atoms with Crippen LogP contribution >= 0.6 is 23.4 Å². The predicted molar refractivity (Wildman–Crippen MR) is 88.8 cm³/mol. The van der Waals surface area contributed by atoms with Crippen LogP contribution < -0.4 is 9.64 Å². The van der Waals surface area contributed by atoms with Crippen LogP contribution in [0.15, 0.2) is 42.5 Å². The molecule has 0 radical (unpaired) electrons. The number of hydrogen-bond acceptors (Lipinski definition) is 4. The summed E-state index contributed by atoms with van der Waals surface area (Å²) in [6.07, 6.45) is 0. The van der Waals surface area contributed by atoms with Gasteiger partial charge in [-0.05, 0) is 42.0 Å². The number of halogens is 1.